The van der Waals surface area contributed by atoms with Crippen LogP contribution in [-0.2, 0) is 23.8 Å². The van der Waals surface area contributed by atoms with Gasteiger partial charge in [-0.05, 0) is 62.2 Å². The Morgan fingerprint density at radius 1 is 1.10 bits per heavy atom. The van der Waals surface area contributed by atoms with Crippen LogP contribution in [0.3, 0.4) is 0 Å². The predicted molar refractivity (Wildman–Crippen MR) is 111 cm³/mol. The lowest BCUT2D eigenvalue weighted by molar-refractivity contribution is -0.178. The quantitative estimate of drug-likeness (QED) is 0.442. The van der Waals surface area contributed by atoms with Gasteiger partial charge in [0.1, 0.15) is 6.10 Å². The van der Waals surface area contributed by atoms with Gasteiger partial charge in [0, 0.05) is 19.3 Å². The Labute approximate surface area is 176 Å². The van der Waals surface area contributed by atoms with Crippen molar-refractivity contribution in [2.75, 3.05) is 6.61 Å². The van der Waals surface area contributed by atoms with E-state index in [2.05, 4.69) is 34.6 Å². The normalized spacial score (nSPS) is 40.9. The molecule has 3 aliphatic rings. The monoisotopic (exact) mass is 408 g/mol. The molecule has 5 heteroatoms. The van der Waals surface area contributed by atoms with Gasteiger partial charge in [0.05, 0.1) is 18.3 Å². The van der Waals surface area contributed by atoms with Gasteiger partial charge in [0.25, 0.3) is 0 Å². The summed E-state index contributed by atoms with van der Waals surface area (Å²) in [5.41, 5.74) is 0.133. The minimum Gasteiger partial charge on any atom is -0.466 e. The lowest BCUT2D eigenvalue weighted by atomic mass is 9.45. The summed E-state index contributed by atoms with van der Waals surface area (Å²) in [7, 11) is 0. The molecule has 0 aromatic rings. The zero-order chi connectivity index (χ0) is 21.6. The van der Waals surface area contributed by atoms with E-state index in [0.717, 1.165) is 38.5 Å². The molecule has 166 valence electrons. The number of rotatable bonds is 7. The molecule has 0 radical (unpaired) electrons. The number of hydrogen-bond donors (Lipinski definition) is 0. The number of ether oxygens (including phenoxy) is 3. The van der Waals surface area contributed by atoms with Crippen LogP contribution in [0.4, 0.5) is 0 Å². The van der Waals surface area contributed by atoms with Crippen LogP contribution in [0.2, 0.25) is 0 Å². The van der Waals surface area contributed by atoms with Gasteiger partial charge in [-0.1, -0.05) is 34.1 Å². The molecule has 1 saturated heterocycles. The maximum absolute atomic E-state index is 11.7. The fraction of sp³-hybridized carbons (Fsp3) is 0.917. The molecule has 0 amide bonds. The molecule has 1 heterocycles. The van der Waals surface area contributed by atoms with Gasteiger partial charge in [-0.2, -0.15) is 0 Å². The second-order valence-electron chi connectivity index (χ2n) is 10.9. The number of carbonyl (C=O) groups excluding carboxylic acids is 2. The van der Waals surface area contributed by atoms with Crippen molar-refractivity contribution >= 4 is 11.9 Å². The first-order valence-electron chi connectivity index (χ1n) is 11.4. The minimum atomic E-state index is -0.201. The van der Waals surface area contributed by atoms with Crippen LogP contribution in [0.15, 0.2) is 0 Å². The number of carbonyl (C=O) groups is 2. The summed E-state index contributed by atoms with van der Waals surface area (Å²) in [5, 5.41) is 0. The van der Waals surface area contributed by atoms with Crippen molar-refractivity contribution in [2.45, 2.75) is 105 Å². The van der Waals surface area contributed by atoms with Crippen LogP contribution in [0.1, 0.15) is 87.0 Å². The maximum Gasteiger partial charge on any atom is 0.302 e. The van der Waals surface area contributed by atoms with E-state index in [9.17, 15) is 9.59 Å². The van der Waals surface area contributed by atoms with Crippen molar-refractivity contribution in [3.63, 3.8) is 0 Å². The Bertz CT molecular complexity index is 643. The highest BCUT2D eigenvalue weighted by molar-refractivity contribution is 5.66. The number of hydrogen-bond acceptors (Lipinski definition) is 5. The van der Waals surface area contributed by atoms with Crippen LogP contribution in [0.5, 0.6) is 0 Å². The van der Waals surface area contributed by atoms with Crippen molar-refractivity contribution < 1.29 is 23.8 Å². The molecular weight excluding hydrogens is 368 g/mol. The molecule has 2 saturated carbocycles. The summed E-state index contributed by atoms with van der Waals surface area (Å²) in [5.74, 6) is 1.13. The topological polar surface area (TPSA) is 65.1 Å². The van der Waals surface area contributed by atoms with Gasteiger partial charge in [0.15, 0.2) is 0 Å². The van der Waals surface area contributed by atoms with Crippen LogP contribution in [-0.4, -0.2) is 36.4 Å². The van der Waals surface area contributed by atoms with Gasteiger partial charge in [-0.15, -0.1) is 0 Å². The van der Waals surface area contributed by atoms with Crippen LogP contribution < -0.4 is 0 Å². The first-order valence-corrected chi connectivity index (χ1v) is 11.4. The molecule has 3 fully saturated rings. The summed E-state index contributed by atoms with van der Waals surface area (Å²) in [6.07, 6.45) is 6.56. The molecule has 0 unspecified atom stereocenters. The lowest BCUT2D eigenvalue weighted by Gasteiger charge is -2.59. The van der Waals surface area contributed by atoms with Crippen molar-refractivity contribution in [1.29, 1.82) is 0 Å². The number of esters is 2. The third-order valence-electron chi connectivity index (χ3n) is 8.56. The molecule has 0 bridgehead atoms. The first kappa shape index (κ1) is 22.6. The molecule has 0 N–H and O–H groups in total. The van der Waals surface area contributed by atoms with Gasteiger partial charge in [0.2, 0.25) is 0 Å². The van der Waals surface area contributed by atoms with Gasteiger partial charge < -0.3 is 14.2 Å². The smallest absolute Gasteiger partial charge is 0.302 e. The predicted octanol–water partition coefficient (Wildman–Crippen LogP) is 4.91. The van der Waals surface area contributed by atoms with E-state index in [4.69, 9.17) is 14.2 Å². The molecule has 1 aliphatic heterocycles. The van der Waals surface area contributed by atoms with E-state index < -0.39 is 0 Å². The fourth-order valence-electron chi connectivity index (χ4n) is 6.81. The standard InChI is InChI=1S/C24H40O5/c1-15(11-13-27-16(2)25)8-9-18-23(6)12-10-20(28-17(3)26)22(4,5)19(23)14-21-24(18,7)29-21/h15,18-21H,8-14H2,1-7H3/t15-,18+,19-,20-,21+,23+,24-/m0/s1. The Morgan fingerprint density at radius 3 is 2.41 bits per heavy atom. The molecule has 3 rings (SSSR count). The van der Waals surface area contributed by atoms with E-state index in [1.54, 1.807) is 0 Å². The molecule has 2 aliphatic carbocycles. The summed E-state index contributed by atoms with van der Waals surface area (Å²) in [4.78, 5) is 22.7. The Balaban J connectivity index is 1.71. The lowest BCUT2D eigenvalue weighted by Crippen LogP contribution is -2.59. The molecule has 0 aromatic heterocycles. The molecule has 7 atom stereocenters. The minimum absolute atomic E-state index is 0.00873. The number of fused-ring (bicyclic) bond motifs is 2. The second-order valence-corrected chi connectivity index (χ2v) is 10.9. The second kappa shape index (κ2) is 7.86. The van der Waals surface area contributed by atoms with E-state index in [1.165, 1.54) is 13.8 Å². The fourth-order valence-corrected chi connectivity index (χ4v) is 6.81. The summed E-state index contributed by atoms with van der Waals surface area (Å²) < 4.78 is 17.2. The molecule has 5 nitrogen and oxygen atoms in total. The SMILES string of the molecule is CC(=O)OCC[C@@H](C)CC[C@@H]1[C@@]2(C)CC[C@H](OC(C)=O)C(C)(C)[C@@H]2C[C@H]2O[C@@]12C. The highest BCUT2D eigenvalue weighted by atomic mass is 16.6. The van der Waals surface area contributed by atoms with Crippen molar-refractivity contribution in [3.8, 4) is 0 Å². The average Bonchev–Trinajstić information content (AvgIpc) is 3.26. The molecule has 0 aromatic carbocycles. The van der Waals surface area contributed by atoms with E-state index in [-0.39, 0.29) is 34.5 Å². The number of epoxide rings is 1. The zero-order valence-electron chi connectivity index (χ0n) is 19.4. The maximum atomic E-state index is 11.7. The Kier molecular flexibility index (Phi) is 6.12. The van der Waals surface area contributed by atoms with E-state index in [1.807, 2.05) is 0 Å². The van der Waals surface area contributed by atoms with Crippen molar-refractivity contribution in [1.82, 2.24) is 0 Å². The summed E-state index contributed by atoms with van der Waals surface area (Å²) in [6.45, 7) is 15.1. The molecule has 0 spiro atoms. The van der Waals surface area contributed by atoms with Gasteiger partial charge >= 0.3 is 11.9 Å². The zero-order valence-corrected chi connectivity index (χ0v) is 19.4. The van der Waals surface area contributed by atoms with E-state index >= 15 is 0 Å². The summed E-state index contributed by atoms with van der Waals surface area (Å²) in [6, 6.07) is 0. The summed E-state index contributed by atoms with van der Waals surface area (Å²) >= 11 is 0. The first-order chi connectivity index (χ1) is 13.4. The van der Waals surface area contributed by atoms with Crippen molar-refractivity contribution in [3.05, 3.63) is 0 Å². The molecular formula is C24H40O5. The molecule has 29 heavy (non-hydrogen) atoms. The third-order valence-corrected chi connectivity index (χ3v) is 8.56. The van der Waals surface area contributed by atoms with Gasteiger partial charge in [-0.3, -0.25) is 9.59 Å². The average molecular weight is 409 g/mol. The van der Waals surface area contributed by atoms with E-state index in [0.29, 0.717) is 30.5 Å². The third kappa shape index (κ3) is 4.22. The van der Waals surface area contributed by atoms with Crippen molar-refractivity contribution in [2.24, 2.45) is 28.6 Å². The Hall–Kier alpha value is -1.10. The van der Waals surface area contributed by atoms with Crippen LogP contribution >= 0.6 is 0 Å². The largest absolute Gasteiger partial charge is 0.466 e. The Morgan fingerprint density at radius 2 is 1.79 bits per heavy atom. The van der Waals surface area contributed by atoms with Gasteiger partial charge in [-0.25, -0.2) is 0 Å². The van der Waals surface area contributed by atoms with Crippen LogP contribution in [0.25, 0.3) is 0 Å². The highest BCUT2D eigenvalue weighted by Crippen LogP contribution is 2.69. The highest BCUT2D eigenvalue weighted by Gasteiger charge is 2.71. The van der Waals surface area contributed by atoms with Crippen LogP contribution in [0, 0.1) is 28.6 Å².